The Balaban J connectivity index is 1.90. The molecule has 0 atom stereocenters. The second-order valence-corrected chi connectivity index (χ2v) is 5.98. The van der Waals surface area contributed by atoms with Crippen LogP contribution in [-0.4, -0.2) is 34.5 Å². The molecule has 8 nitrogen and oxygen atoms in total. The Morgan fingerprint density at radius 3 is 2.96 bits per heavy atom. The average molecular weight is 368 g/mol. The number of aromatic nitrogens is 3. The molecule has 1 amide bonds. The normalized spacial score (nSPS) is 13.0. The second kappa shape index (κ2) is 6.60. The number of halogens is 1. The molecule has 0 fully saturated rings. The van der Waals surface area contributed by atoms with Gasteiger partial charge in [0.05, 0.1) is 35.4 Å². The van der Waals surface area contributed by atoms with Gasteiger partial charge in [0.25, 0.3) is 5.91 Å². The van der Waals surface area contributed by atoms with E-state index in [2.05, 4.69) is 25.6 Å². The summed E-state index contributed by atoms with van der Waals surface area (Å²) in [5.41, 5.74) is 8.88. The van der Waals surface area contributed by atoms with Crippen LogP contribution >= 0.6 is 0 Å². The van der Waals surface area contributed by atoms with Crippen molar-refractivity contribution in [2.45, 2.75) is 6.42 Å². The Hall–Kier alpha value is -3.62. The van der Waals surface area contributed by atoms with Crippen LogP contribution in [0.15, 0.2) is 30.5 Å². The highest BCUT2D eigenvalue weighted by Gasteiger charge is 2.28. The van der Waals surface area contributed by atoms with Crippen molar-refractivity contribution < 1.29 is 13.9 Å². The molecule has 0 bridgehead atoms. The van der Waals surface area contributed by atoms with Gasteiger partial charge in [-0.05, 0) is 18.2 Å². The van der Waals surface area contributed by atoms with E-state index in [0.717, 1.165) is 5.69 Å². The first-order valence-corrected chi connectivity index (χ1v) is 8.30. The molecule has 1 aliphatic heterocycles. The third-order valence-corrected chi connectivity index (χ3v) is 4.33. The zero-order valence-corrected chi connectivity index (χ0v) is 14.5. The molecule has 1 aliphatic rings. The largest absolute Gasteiger partial charge is 0.492 e. The van der Waals surface area contributed by atoms with Crippen molar-refractivity contribution in [3.63, 3.8) is 0 Å². The van der Waals surface area contributed by atoms with Crippen molar-refractivity contribution in [2.75, 3.05) is 24.7 Å². The van der Waals surface area contributed by atoms with Crippen molar-refractivity contribution in [1.82, 2.24) is 20.3 Å². The monoisotopic (exact) mass is 368 g/mol. The first kappa shape index (κ1) is 16.8. The lowest BCUT2D eigenvalue weighted by atomic mass is 10.1. The van der Waals surface area contributed by atoms with Crippen LogP contribution in [0.3, 0.4) is 0 Å². The van der Waals surface area contributed by atoms with E-state index in [1.165, 1.54) is 19.4 Å². The quantitative estimate of drug-likeness (QED) is 0.561. The Bertz CT molecular complexity index is 1030. The van der Waals surface area contributed by atoms with Gasteiger partial charge < -0.3 is 26.1 Å². The minimum absolute atomic E-state index is 0.0526. The first-order chi connectivity index (χ1) is 13.1. The summed E-state index contributed by atoms with van der Waals surface area (Å²) in [6.45, 7) is 0.528. The van der Waals surface area contributed by atoms with E-state index in [1.54, 1.807) is 18.2 Å². The van der Waals surface area contributed by atoms with Crippen LogP contribution in [-0.2, 0) is 6.42 Å². The molecule has 0 radical (unpaired) electrons. The second-order valence-electron chi connectivity index (χ2n) is 5.98. The van der Waals surface area contributed by atoms with E-state index in [1.807, 2.05) is 0 Å². The van der Waals surface area contributed by atoms with Crippen molar-refractivity contribution in [3.8, 4) is 17.1 Å². The zero-order valence-electron chi connectivity index (χ0n) is 14.5. The third kappa shape index (κ3) is 2.92. The van der Waals surface area contributed by atoms with E-state index in [-0.39, 0.29) is 17.6 Å². The summed E-state index contributed by atoms with van der Waals surface area (Å²) in [6, 6.07) is 6.21. The molecule has 2 aromatic heterocycles. The molecule has 27 heavy (non-hydrogen) atoms. The number of hydrogen-bond acceptors (Lipinski definition) is 6. The molecule has 4 rings (SSSR count). The molecule has 3 aromatic rings. The number of nitrogen functional groups attached to an aromatic ring is 1. The molecule has 3 heterocycles. The highest BCUT2D eigenvalue weighted by Crippen LogP contribution is 2.38. The van der Waals surface area contributed by atoms with Gasteiger partial charge in [-0.1, -0.05) is 6.07 Å². The number of H-pyrrole nitrogens is 1. The maximum Gasteiger partial charge on any atom is 0.255 e. The predicted octanol–water partition coefficient (Wildman–Crippen LogP) is 2.23. The van der Waals surface area contributed by atoms with E-state index in [0.29, 0.717) is 41.3 Å². The zero-order chi connectivity index (χ0) is 19.0. The molecule has 0 spiro atoms. The summed E-state index contributed by atoms with van der Waals surface area (Å²) >= 11 is 0. The number of ether oxygens (including phenoxy) is 1. The topological polar surface area (TPSA) is 118 Å². The van der Waals surface area contributed by atoms with Gasteiger partial charge >= 0.3 is 0 Å². The number of nitrogens with two attached hydrogens (primary N) is 1. The molecule has 1 aromatic carbocycles. The fourth-order valence-electron chi connectivity index (χ4n) is 3.16. The summed E-state index contributed by atoms with van der Waals surface area (Å²) in [6.07, 6.45) is 2.17. The Labute approximate surface area is 154 Å². The number of rotatable bonds is 4. The van der Waals surface area contributed by atoms with Gasteiger partial charge in [-0.15, -0.1) is 0 Å². The Kier molecular flexibility index (Phi) is 4.11. The SMILES string of the molecule is COc1c(F)cccc1Nc1c(-c2ccnc(N)n2)[nH]c2c1C(=O)NCC2. The number of fused-ring (bicyclic) bond motifs is 1. The Morgan fingerprint density at radius 1 is 1.33 bits per heavy atom. The van der Waals surface area contributed by atoms with Gasteiger partial charge in [-0.3, -0.25) is 4.79 Å². The van der Waals surface area contributed by atoms with E-state index in [9.17, 15) is 9.18 Å². The van der Waals surface area contributed by atoms with Gasteiger partial charge in [-0.25, -0.2) is 14.4 Å². The Morgan fingerprint density at radius 2 is 2.19 bits per heavy atom. The minimum atomic E-state index is -0.510. The number of methoxy groups -OCH3 is 1. The van der Waals surface area contributed by atoms with Crippen LogP contribution < -0.4 is 21.1 Å². The molecule has 0 saturated carbocycles. The highest BCUT2D eigenvalue weighted by molar-refractivity contribution is 6.06. The molecular weight excluding hydrogens is 351 g/mol. The molecule has 9 heteroatoms. The standard InChI is InChI=1S/C18H17FN6O2/c1-27-16-9(19)3-2-4-12(16)24-15-13-10(5-7-21-17(13)26)23-14(15)11-6-8-22-18(20)25-11/h2-4,6,8,23-24H,5,7H2,1H3,(H,21,26)(H2,20,22,25). The smallest absolute Gasteiger partial charge is 0.255 e. The van der Waals surface area contributed by atoms with Crippen LogP contribution in [0.25, 0.3) is 11.4 Å². The summed E-state index contributed by atoms with van der Waals surface area (Å²) < 4.78 is 19.2. The fourth-order valence-corrected chi connectivity index (χ4v) is 3.16. The highest BCUT2D eigenvalue weighted by atomic mass is 19.1. The van der Waals surface area contributed by atoms with Crippen molar-refractivity contribution in [3.05, 3.63) is 47.5 Å². The minimum Gasteiger partial charge on any atom is -0.492 e. The van der Waals surface area contributed by atoms with Crippen molar-refractivity contribution in [2.24, 2.45) is 0 Å². The van der Waals surface area contributed by atoms with Gasteiger partial charge in [-0.2, -0.15) is 0 Å². The van der Waals surface area contributed by atoms with Gasteiger partial charge in [0, 0.05) is 24.9 Å². The number of nitrogens with zero attached hydrogens (tertiary/aromatic N) is 2. The maximum absolute atomic E-state index is 14.1. The predicted molar refractivity (Wildman–Crippen MR) is 98.5 cm³/mol. The lowest BCUT2D eigenvalue weighted by molar-refractivity contribution is 0.0947. The van der Waals surface area contributed by atoms with Crippen LogP contribution in [0.1, 0.15) is 16.1 Å². The molecular formula is C18H17FN6O2. The van der Waals surface area contributed by atoms with Gasteiger partial charge in [0.15, 0.2) is 11.6 Å². The molecule has 0 unspecified atom stereocenters. The number of amides is 1. The van der Waals surface area contributed by atoms with Crippen LogP contribution in [0.2, 0.25) is 0 Å². The summed E-state index contributed by atoms with van der Waals surface area (Å²) in [5.74, 6) is -0.571. The third-order valence-electron chi connectivity index (χ3n) is 4.33. The first-order valence-electron chi connectivity index (χ1n) is 8.30. The van der Waals surface area contributed by atoms with E-state index in [4.69, 9.17) is 10.5 Å². The van der Waals surface area contributed by atoms with Crippen LogP contribution in [0.5, 0.6) is 5.75 Å². The number of nitrogens with one attached hydrogen (secondary N) is 3. The van der Waals surface area contributed by atoms with Gasteiger partial charge in [0.2, 0.25) is 5.95 Å². The number of benzene rings is 1. The van der Waals surface area contributed by atoms with E-state index < -0.39 is 5.82 Å². The molecule has 5 N–H and O–H groups in total. The maximum atomic E-state index is 14.1. The van der Waals surface area contributed by atoms with Crippen molar-refractivity contribution in [1.29, 1.82) is 0 Å². The van der Waals surface area contributed by atoms with Crippen LogP contribution in [0, 0.1) is 5.82 Å². The fraction of sp³-hybridized carbons (Fsp3) is 0.167. The van der Waals surface area contributed by atoms with E-state index >= 15 is 0 Å². The number of anilines is 3. The summed E-state index contributed by atoms with van der Waals surface area (Å²) in [4.78, 5) is 23.9. The lowest BCUT2D eigenvalue weighted by Crippen LogP contribution is -2.31. The molecule has 0 saturated heterocycles. The summed E-state index contributed by atoms with van der Waals surface area (Å²) in [7, 11) is 1.38. The number of aromatic amines is 1. The lowest BCUT2D eigenvalue weighted by Gasteiger charge is -2.16. The number of carbonyl (C=O) groups is 1. The number of carbonyl (C=O) groups excluding carboxylic acids is 1. The molecule has 0 aliphatic carbocycles. The van der Waals surface area contributed by atoms with Gasteiger partial charge in [0.1, 0.15) is 0 Å². The number of para-hydroxylation sites is 1. The van der Waals surface area contributed by atoms with Crippen molar-refractivity contribution >= 4 is 23.2 Å². The van der Waals surface area contributed by atoms with Crippen LogP contribution in [0.4, 0.5) is 21.7 Å². The average Bonchev–Trinajstić information content (AvgIpc) is 3.02. The number of hydrogen-bond donors (Lipinski definition) is 4. The summed E-state index contributed by atoms with van der Waals surface area (Å²) in [5, 5.41) is 5.95. The molecule has 138 valence electrons.